The first kappa shape index (κ1) is 16.2. The van der Waals surface area contributed by atoms with Crippen molar-refractivity contribution in [2.45, 2.75) is 39.7 Å². The second-order valence-corrected chi connectivity index (χ2v) is 7.13. The fraction of sp³-hybridized carbons (Fsp3) is 0.600. The Morgan fingerprint density at radius 2 is 1.84 bits per heavy atom. The van der Waals surface area contributed by atoms with E-state index in [9.17, 15) is 8.42 Å². The van der Waals surface area contributed by atoms with Crippen molar-refractivity contribution in [3.05, 3.63) is 34.9 Å². The SMILES string of the molecule is CCNC(CS(C)(=O)=O)c1cc(CC)ccc1CC. The Morgan fingerprint density at radius 1 is 1.16 bits per heavy atom. The summed E-state index contributed by atoms with van der Waals surface area (Å²) in [6, 6.07) is 6.30. The Balaban J connectivity index is 3.19. The van der Waals surface area contributed by atoms with Crippen molar-refractivity contribution in [1.29, 1.82) is 0 Å². The molecule has 1 unspecified atom stereocenters. The first-order valence-corrected chi connectivity index (χ1v) is 9.00. The lowest BCUT2D eigenvalue weighted by atomic mass is 9.96. The smallest absolute Gasteiger partial charge is 0.149 e. The number of nitrogens with one attached hydrogen (secondary N) is 1. The lowest BCUT2D eigenvalue weighted by molar-refractivity contribution is 0.560. The fourth-order valence-electron chi connectivity index (χ4n) is 2.32. The molecule has 1 N–H and O–H groups in total. The highest BCUT2D eigenvalue weighted by atomic mass is 32.2. The molecule has 1 aromatic carbocycles. The molecule has 0 radical (unpaired) electrons. The van der Waals surface area contributed by atoms with Gasteiger partial charge in [-0.2, -0.15) is 0 Å². The molecule has 0 aromatic heterocycles. The van der Waals surface area contributed by atoms with Crippen LogP contribution in [-0.4, -0.2) is 27.0 Å². The van der Waals surface area contributed by atoms with E-state index in [4.69, 9.17) is 0 Å². The van der Waals surface area contributed by atoms with E-state index >= 15 is 0 Å². The summed E-state index contributed by atoms with van der Waals surface area (Å²) >= 11 is 0. The molecule has 0 spiro atoms. The number of aryl methyl sites for hydroxylation is 2. The molecule has 0 saturated heterocycles. The van der Waals surface area contributed by atoms with Gasteiger partial charge >= 0.3 is 0 Å². The monoisotopic (exact) mass is 283 g/mol. The van der Waals surface area contributed by atoms with Crippen LogP contribution in [0.25, 0.3) is 0 Å². The summed E-state index contributed by atoms with van der Waals surface area (Å²) in [5.74, 6) is 0.154. The van der Waals surface area contributed by atoms with Crippen molar-refractivity contribution < 1.29 is 8.42 Å². The van der Waals surface area contributed by atoms with Crippen molar-refractivity contribution in [3.8, 4) is 0 Å². The van der Waals surface area contributed by atoms with Gasteiger partial charge in [0, 0.05) is 12.3 Å². The van der Waals surface area contributed by atoms with Gasteiger partial charge in [0.1, 0.15) is 9.84 Å². The Kier molecular flexibility index (Phi) is 6.01. The molecule has 0 fully saturated rings. The molecule has 1 rings (SSSR count). The van der Waals surface area contributed by atoms with Crippen molar-refractivity contribution in [3.63, 3.8) is 0 Å². The van der Waals surface area contributed by atoms with Crippen LogP contribution in [0.1, 0.15) is 43.5 Å². The quantitative estimate of drug-likeness (QED) is 0.836. The average molecular weight is 283 g/mol. The lowest BCUT2D eigenvalue weighted by Crippen LogP contribution is -2.28. The molecular formula is C15H25NO2S. The van der Waals surface area contributed by atoms with Gasteiger partial charge in [-0.1, -0.05) is 39.0 Å². The van der Waals surface area contributed by atoms with Crippen molar-refractivity contribution in [1.82, 2.24) is 5.32 Å². The topological polar surface area (TPSA) is 46.2 Å². The zero-order valence-corrected chi connectivity index (χ0v) is 13.2. The third-order valence-electron chi connectivity index (χ3n) is 3.29. The molecule has 0 aliphatic carbocycles. The van der Waals surface area contributed by atoms with Gasteiger partial charge in [-0.15, -0.1) is 0 Å². The van der Waals surface area contributed by atoms with Crippen LogP contribution in [0.5, 0.6) is 0 Å². The Bertz CT molecular complexity index is 509. The van der Waals surface area contributed by atoms with Crippen LogP contribution in [0.3, 0.4) is 0 Å². The van der Waals surface area contributed by atoms with E-state index in [-0.39, 0.29) is 11.8 Å². The first-order chi connectivity index (χ1) is 8.91. The van der Waals surface area contributed by atoms with Crippen molar-refractivity contribution in [2.24, 2.45) is 0 Å². The second-order valence-electron chi connectivity index (χ2n) is 4.94. The summed E-state index contributed by atoms with van der Waals surface area (Å²) in [5.41, 5.74) is 3.62. The van der Waals surface area contributed by atoms with Crippen LogP contribution in [0.15, 0.2) is 18.2 Å². The number of rotatable bonds is 7. The highest BCUT2D eigenvalue weighted by Crippen LogP contribution is 2.22. The highest BCUT2D eigenvalue weighted by Gasteiger charge is 2.19. The van der Waals surface area contributed by atoms with Gasteiger partial charge in [0.2, 0.25) is 0 Å². The van der Waals surface area contributed by atoms with Gasteiger partial charge in [0.05, 0.1) is 5.75 Å². The summed E-state index contributed by atoms with van der Waals surface area (Å²) in [5, 5.41) is 3.30. The maximum absolute atomic E-state index is 11.6. The molecule has 0 aliphatic rings. The molecule has 0 aliphatic heterocycles. The minimum Gasteiger partial charge on any atom is -0.309 e. The molecule has 0 saturated carbocycles. The summed E-state index contributed by atoms with van der Waals surface area (Å²) in [6.07, 6.45) is 3.19. The average Bonchev–Trinajstić information content (AvgIpc) is 2.36. The summed E-state index contributed by atoms with van der Waals surface area (Å²) in [7, 11) is -3.00. The van der Waals surface area contributed by atoms with Crippen LogP contribution < -0.4 is 5.32 Å². The summed E-state index contributed by atoms with van der Waals surface area (Å²) < 4.78 is 23.2. The maximum Gasteiger partial charge on any atom is 0.149 e. The van der Waals surface area contributed by atoms with Crippen LogP contribution in [0.2, 0.25) is 0 Å². The number of hydrogen-bond donors (Lipinski definition) is 1. The normalized spacial score (nSPS) is 13.5. The summed E-state index contributed by atoms with van der Waals surface area (Å²) in [4.78, 5) is 0. The maximum atomic E-state index is 11.6. The van der Waals surface area contributed by atoms with Crippen LogP contribution in [0.4, 0.5) is 0 Å². The van der Waals surface area contributed by atoms with Crippen LogP contribution in [-0.2, 0) is 22.7 Å². The minimum atomic E-state index is -3.00. The van der Waals surface area contributed by atoms with E-state index in [1.54, 1.807) is 0 Å². The number of sulfone groups is 1. The third kappa shape index (κ3) is 4.96. The van der Waals surface area contributed by atoms with Crippen LogP contribution >= 0.6 is 0 Å². The molecule has 19 heavy (non-hydrogen) atoms. The Labute approximate surface area is 117 Å². The van der Waals surface area contributed by atoms with Crippen LogP contribution in [0, 0.1) is 0 Å². The van der Waals surface area contributed by atoms with E-state index in [1.165, 1.54) is 17.4 Å². The first-order valence-electron chi connectivity index (χ1n) is 6.94. The molecule has 0 bridgehead atoms. The lowest BCUT2D eigenvalue weighted by Gasteiger charge is -2.21. The number of hydrogen-bond acceptors (Lipinski definition) is 3. The molecular weight excluding hydrogens is 258 g/mol. The van der Waals surface area contributed by atoms with E-state index in [0.717, 1.165) is 24.9 Å². The fourth-order valence-corrected chi connectivity index (χ4v) is 3.22. The number of benzene rings is 1. The van der Waals surface area contributed by atoms with Gasteiger partial charge in [0.25, 0.3) is 0 Å². The minimum absolute atomic E-state index is 0.110. The molecule has 1 atom stereocenters. The zero-order chi connectivity index (χ0) is 14.5. The van der Waals surface area contributed by atoms with Gasteiger partial charge in [-0.3, -0.25) is 0 Å². The van der Waals surface area contributed by atoms with E-state index in [2.05, 4.69) is 37.4 Å². The largest absolute Gasteiger partial charge is 0.309 e. The predicted molar refractivity (Wildman–Crippen MR) is 81.3 cm³/mol. The van der Waals surface area contributed by atoms with Gasteiger partial charge in [-0.05, 0) is 36.1 Å². The summed E-state index contributed by atoms with van der Waals surface area (Å²) in [6.45, 7) is 6.99. The molecule has 0 amide bonds. The van der Waals surface area contributed by atoms with E-state index < -0.39 is 9.84 Å². The predicted octanol–water partition coefficient (Wildman–Crippen LogP) is 2.51. The van der Waals surface area contributed by atoms with Crippen molar-refractivity contribution >= 4 is 9.84 Å². The highest BCUT2D eigenvalue weighted by molar-refractivity contribution is 7.90. The molecule has 0 heterocycles. The van der Waals surface area contributed by atoms with Gasteiger partial charge in [-0.25, -0.2) is 8.42 Å². The third-order valence-corrected chi connectivity index (χ3v) is 4.23. The molecule has 3 nitrogen and oxygen atoms in total. The molecule has 108 valence electrons. The Morgan fingerprint density at radius 3 is 2.32 bits per heavy atom. The zero-order valence-electron chi connectivity index (χ0n) is 12.4. The molecule has 4 heteroatoms. The van der Waals surface area contributed by atoms with E-state index in [0.29, 0.717) is 0 Å². The standard InChI is InChI=1S/C15H25NO2S/c1-5-12-8-9-13(6-2)14(10-12)15(16-7-3)11-19(4,17)18/h8-10,15-16H,5-7,11H2,1-4H3. The van der Waals surface area contributed by atoms with Gasteiger partial charge in [0.15, 0.2) is 0 Å². The second kappa shape index (κ2) is 7.06. The van der Waals surface area contributed by atoms with Crippen molar-refractivity contribution in [2.75, 3.05) is 18.6 Å². The molecule has 1 aromatic rings. The van der Waals surface area contributed by atoms with E-state index in [1.807, 2.05) is 6.92 Å². The Hall–Kier alpha value is -0.870. The van der Waals surface area contributed by atoms with Gasteiger partial charge < -0.3 is 5.32 Å².